The third-order valence-electron chi connectivity index (χ3n) is 6.52. The minimum atomic E-state index is -0.0491. The van der Waals surface area contributed by atoms with Crippen molar-refractivity contribution in [2.45, 2.75) is 52.0 Å². The number of pyridine rings is 1. The van der Waals surface area contributed by atoms with E-state index >= 15 is 0 Å². The zero-order valence-electron chi connectivity index (χ0n) is 18.5. The topological polar surface area (TPSA) is 61.3 Å². The van der Waals surface area contributed by atoms with Crippen molar-refractivity contribution in [3.05, 3.63) is 57.5 Å². The Balaban J connectivity index is 1.83. The molecule has 0 bridgehead atoms. The van der Waals surface area contributed by atoms with Crippen molar-refractivity contribution in [1.29, 1.82) is 0 Å². The Morgan fingerprint density at radius 3 is 2.60 bits per heavy atom. The molecule has 1 aliphatic heterocycles. The molecule has 1 saturated heterocycles. The zero-order chi connectivity index (χ0) is 21.4. The van der Waals surface area contributed by atoms with Crippen molar-refractivity contribution >= 4 is 10.9 Å². The summed E-state index contributed by atoms with van der Waals surface area (Å²) >= 11 is 0. The SMILES string of the molecule is Cc1cc(-c2[nH]c3ccc(C4CCN(C)CC4)cc3c2C(C)C)cn(CCO)c1=O. The number of rotatable bonds is 5. The predicted octanol–water partition coefficient (Wildman–Crippen LogP) is 4.23. The van der Waals surface area contributed by atoms with E-state index in [2.05, 4.69) is 49.0 Å². The summed E-state index contributed by atoms with van der Waals surface area (Å²) in [6.45, 7) is 8.87. The summed E-state index contributed by atoms with van der Waals surface area (Å²) in [6, 6.07) is 8.84. The minimum absolute atomic E-state index is 0.0421. The summed E-state index contributed by atoms with van der Waals surface area (Å²) in [5.74, 6) is 0.970. The van der Waals surface area contributed by atoms with Gasteiger partial charge in [-0.05, 0) is 81.1 Å². The fourth-order valence-electron chi connectivity index (χ4n) is 4.85. The number of aliphatic hydroxyl groups is 1. The fraction of sp³-hybridized carbons (Fsp3) is 0.480. The Hall–Kier alpha value is -2.37. The Bertz CT molecular complexity index is 1100. The maximum absolute atomic E-state index is 12.4. The maximum atomic E-state index is 12.4. The minimum Gasteiger partial charge on any atom is -0.395 e. The van der Waals surface area contributed by atoms with Gasteiger partial charge in [0.1, 0.15) is 0 Å². The largest absolute Gasteiger partial charge is 0.395 e. The van der Waals surface area contributed by atoms with E-state index in [0.717, 1.165) is 29.9 Å². The molecule has 5 nitrogen and oxygen atoms in total. The van der Waals surface area contributed by atoms with Crippen LogP contribution in [-0.4, -0.2) is 46.3 Å². The third kappa shape index (κ3) is 3.84. The number of benzene rings is 1. The molecule has 0 spiro atoms. The number of aliphatic hydroxyl groups excluding tert-OH is 1. The van der Waals surface area contributed by atoms with E-state index in [1.54, 1.807) is 4.57 Å². The molecule has 2 N–H and O–H groups in total. The molecule has 0 aliphatic carbocycles. The molecule has 30 heavy (non-hydrogen) atoms. The number of piperidine rings is 1. The van der Waals surface area contributed by atoms with E-state index in [0.29, 0.717) is 23.9 Å². The Labute approximate surface area is 178 Å². The summed E-state index contributed by atoms with van der Waals surface area (Å²) in [7, 11) is 2.20. The van der Waals surface area contributed by atoms with Gasteiger partial charge in [0.15, 0.2) is 0 Å². The van der Waals surface area contributed by atoms with Gasteiger partial charge in [-0.15, -0.1) is 0 Å². The second-order valence-corrected chi connectivity index (χ2v) is 9.08. The van der Waals surface area contributed by atoms with Gasteiger partial charge in [-0.25, -0.2) is 0 Å². The molecule has 3 heterocycles. The van der Waals surface area contributed by atoms with E-state index in [9.17, 15) is 9.90 Å². The number of hydrogen-bond donors (Lipinski definition) is 2. The van der Waals surface area contributed by atoms with E-state index in [1.807, 2.05) is 19.2 Å². The summed E-state index contributed by atoms with van der Waals surface area (Å²) in [5.41, 5.74) is 6.61. The third-order valence-corrected chi connectivity index (χ3v) is 6.52. The van der Waals surface area contributed by atoms with Crippen molar-refractivity contribution in [3.8, 4) is 11.3 Å². The molecule has 1 fully saturated rings. The highest BCUT2D eigenvalue weighted by molar-refractivity contribution is 5.92. The molecule has 2 aromatic heterocycles. The first kappa shape index (κ1) is 20.9. The molecule has 1 aliphatic rings. The van der Waals surface area contributed by atoms with Crippen LogP contribution in [0.1, 0.15) is 55.2 Å². The second-order valence-electron chi connectivity index (χ2n) is 9.08. The van der Waals surface area contributed by atoms with Crippen LogP contribution in [0, 0.1) is 6.92 Å². The first-order valence-corrected chi connectivity index (χ1v) is 11.1. The number of nitrogens with one attached hydrogen (secondary N) is 1. The van der Waals surface area contributed by atoms with Crippen LogP contribution >= 0.6 is 0 Å². The fourth-order valence-corrected chi connectivity index (χ4v) is 4.85. The van der Waals surface area contributed by atoms with Gasteiger partial charge in [0.2, 0.25) is 0 Å². The van der Waals surface area contributed by atoms with Crippen molar-refractivity contribution in [2.75, 3.05) is 26.7 Å². The number of aromatic nitrogens is 2. The van der Waals surface area contributed by atoms with Crippen molar-refractivity contribution in [1.82, 2.24) is 14.5 Å². The molecule has 5 heteroatoms. The molecule has 4 rings (SSSR count). The van der Waals surface area contributed by atoms with Gasteiger partial charge in [0, 0.05) is 34.8 Å². The van der Waals surface area contributed by atoms with Gasteiger partial charge in [0.25, 0.3) is 5.56 Å². The van der Waals surface area contributed by atoms with Gasteiger partial charge >= 0.3 is 0 Å². The van der Waals surface area contributed by atoms with Crippen LogP contribution in [0.3, 0.4) is 0 Å². The standard InChI is InChI=1S/C25H33N3O2/c1-16(2)23-21-14-19(18-7-9-27(4)10-8-18)5-6-22(21)26-24(23)20-13-17(3)25(30)28(15-20)11-12-29/h5-6,13-16,18,26,29H,7-12H2,1-4H3. The normalized spacial score (nSPS) is 16.1. The van der Waals surface area contributed by atoms with Crippen molar-refractivity contribution in [3.63, 3.8) is 0 Å². The molecule has 160 valence electrons. The predicted molar refractivity (Wildman–Crippen MR) is 123 cm³/mol. The number of hydrogen-bond acceptors (Lipinski definition) is 3. The summed E-state index contributed by atoms with van der Waals surface area (Å²) in [6.07, 6.45) is 4.29. The van der Waals surface area contributed by atoms with Gasteiger partial charge in [0.05, 0.1) is 12.3 Å². The highest BCUT2D eigenvalue weighted by atomic mass is 16.3. The summed E-state index contributed by atoms with van der Waals surface area (Å²) < 4.78 is 1.62. The smallest absolute Gasteiger partial charge is 0.253 e. The summed E-state index contributed by atoms with van der Waals surface area (Å²) in [4.78, 5) is 18.5. The zero-order valence-corrected chi connectivity index (χ0v) is 18.5. The van der Waals surface area contributed by atoms with E-state index in [1.165, 1.54) is 29.4 Å². The van der Waals surface area contributed by atoms with Crippen LogP contribution in [0.4, 0.5) is 0 Å². The molecule has 0 amide bonds. The van der Waals surface area contributed by atoms with E-state index < -0.39 is 0 Å². The first-order valence-electron chi connectivity index (χ1n) is 11.1. The quantitative estimate of drug-likeness (QED) is 0.665. The molecule has 1 aromatic carbocycles. The molecule has 3 aromatic rings. The van der Waals surface area contributed by atoms with Crippen molar-refractivity contribution < 1.29 is 5.11 Å². The number of likely N-dealkylation sites (tertiary alicyclic amines) is 1. The Kier molecular flexibility index (Phi) is 5.85. The second kappa shape index (κ2) is 8.40. The Morgan fingerprint density at radius 1 is 1.20 bits per heavy atom. The molecule has 0 saturated carbocycles. The van der Waals surface area contributed by atoms with Crippen LogP contribution in [0.25, 0.3) is 22.2 Å². The average molecular weight is 408 g/mol. The number of aryl methyl sites for hydroxylation is 1. The van der Waals surface area contributed by atoms with E-state index in [-0.39, 0.29) is 12.2 Å². The van der Waals surface area contributed by atoms with E-state index in [4.69, 9.17) is 0 Å². The van der Waals surface area contributed by atoms with Gasteiger partial charge in [-0.1, -0.05) is 19.9 Å². The van der Waals surface area contributed by atoms with Crippen LogP contribution in [-0.2, 0) is 6.54 Å². The van der Waals surface area contributed by atoms with Crippen molar-refractivity contribution in [2.24, 2.45) is 0 Å². The van der Waals surface area contributed by atoms with Crippen LogP contribution in [0.15, 0.2) is 35.3 Å². The number of fused-ring (bicyclic) bond motifs is 1. The lowest BCUT2D eigenvalue weighted by Gasteiger charge is -2.29. The number of nitrogens with zero attached hydrogens (tertiary/aromatic N) is 2. The highest BCUT2D eigenvalue weighted by Crippen LogP contribution is 2.38. The first-order chi connectivity index (χ1) is 14.4. The lowest BCUT2D eigenvalue weighted by atomic mass is 9.87. The molecule has 0 radical (unpaired) electrons. The molecule has 0 atom stereocenters. The molecular weight excluding hydrogens is 374 g/mol. The van der Waals surface area contributed by atoms with Gasteiger partial charge in [-0.3, -0.25) is 4.79 Å². The number of aromatic amines is 1. The van der Waals surface area contributed by atoms with Gasteiger partial charge in [-0.2, -0.15) is 0 Å². The van der Waals surface area contributed by atoms with Gasteiger partial charge < -0.3 is 19.6 Å². The van der Waals surface area contributed by atoms with Crippen LogP contribution < -0.4 is 5.56 Å². The molecular formula is C25H33N3O2. The monoisotopic (exact) mass is 407 g/mol. The lowest BCUT2D eigenvalue weighted by molar-refractivity contribution is 0.255. The maximum Gasteiger partial charge on any atom is 0.253 e. The average Bonchev–Trinajstić information content (AvgIpc) is 3.11. The van der Waals surface area contributed by atoms with Crippen LogP contribution in [0.5, 0.6) is 0 Å². The Morgan fingerprint density at radius 2 is 1.93 bits per heavy atom. The number of H-pyrrole nitrogens is 1. The summed E-state index contributed by atoms with van der Waals surface area (Å²) in [5, 5.41) is 10.6. The lowest BCUT2D eigenvalue weighted by Crippen LogP contribution is -2.29. The van der Waals surface area contributed by atoms with Crippen LogP contribution in [0.2, 0.25) is 0 Å². The highest BCUT2D eigenvalue weighted by Gasteiger charge is 2.22. The molecule has 0 unspecified atom stereocenters.